The largest absolute Gasteiger partial charge is 0.492 e. The van der Waals surface area contributed by atoms with Gasteiger partial charge in [-0.15, -0.1) is 0 Å². The van der Waals surface area contributed by atoms with E-state index in [0.717, 1.165) is 28.8 Å². The average Bonchev–Trinajstić information content (AvgIpc) is 3.01. The Morgan fingerprint density at radius 3 is 2.72 bits per heavy atom. The monoisotopic (exact) mass is 352 g/mol. The molecule has 6 heteroatoms. The first kappa shape index (κ1) is 17.0. The number of nitrogens with one attached hydrogen (secondary N) is 2. The second-order valence-corrected chi connectivity index (χ2v) is 5.81. The van der Waals surface area contributed by atoms with Crippen molar-refractivity contribution in [2.45, 2.75) is 6.54 Å². The summed E-state index contributed by atoms with van der Waals surface area (Å²) in [5, 5.41) is 8.63. The molecule has 0 spiro atoms. The minimum absolute atomic E-state index is 0.483. The lowest BCUT2D eigenvalue weighted by molar-refractivity contribution is 0.300. The topological polar surface area (TPSA) is 50.6 Å². The van der Waals surface area contributed by atoms with Gasteiger partial charge in [-0.3, -0.25) is 5.43 Å². The Morgan fingerprint density at radius 1 is 1.16 bits per heavy atom. The average molecular weight is 352 g/mol. The van der Waals surface area contributed by atoms with Crippen LogP contribution in [0.3, 0.4) is 0 Å². The van der Waals surface area contributed by atoms with Gasteiger partial charge in [-0.05, 0) is 30.4 Å². The summed E-state index contributed by atoms with van der Waals surface area (Å²) in [5.74, 6) is 0.880. The Hall–Kier alpha value is -2.86. The number of para-hydroxylation sites is 2. The second-order valence-electron chi connectivity index (χ2n) is 5.41. The van der Waals surface area contributed by atoms with Crippen molar-refractivity contribution in [1.82, 2.24) is 15.3 Å². The number of ether oxygens (including phenoxy) is 1. The van der Waals surface area contributed by atoms with Gasteiger partial charge in [0, 0.05) is 29.7 Å². The molecule has 5 nitrogen and oxygen atoms in total. The van der Waals surface area contributed by atoms with Crippen LogP contribution in [0.5, 0.6) is 5.75 Å². The molecule has 0 atom stereocenters. The van der Waals surface area contributed by atoms with E-state index in [-0.39, 0.29) is 0 Å². The van der Waals surface area contributed by atoms with Crippen LogP contribution in [0, 0.1) is 0 Å². The quantitative estimate of drug-likeness (QED) is 0.406. The third-order valence-electron chi connectivity index (χ3n) is 3.76. The highest BCUT2D eigenvalue weighted by molar-refractivity contribution is 7.80. The zero-order valence-electron chi connectivity index (χ0n) is 14.0. The molecule has 2 aromatic carbocycles. The van der Waals surface area contributed by atoms with E-state index in [0.29, 0.717) is 11.7 Å². The summed E-state index contributed by atoms with van der Waals surface area (Å²) in [5.41, 5.74) is 4.95. The summed E-state index contributed by atoms with van der Waals surface area (Å²) in [7, 11) is 1.75. The first-order valence-electron chi connectivity index (χ1n) is 8.04. The highest BCUT2D eigenvalue weighted by Gasteiger charge is 2.06. The highest BCUT2D eigenvalue weighted by Crippen LogP contribution is 2.20. The Bertz CT molecular complexity index is 874. The number of benzene rings is 2. The lowest BCUT2D eigenvalue weighted by Gasteiger charge is -2.08. The van der Waals surface area contributed by atoms with E-state index < -0.39 is 0 Å². The molecule has 1 aromatic heterocycles. The van der Waals surface area contributed by atoms with Gasteiger partial charge in [-0.1, -0.05) is 36.4 Å². The fraction of sp³-hybridized carbons (Fsp3) is 0.158. The van der Waals surface area contributed by atoms with Crippen LogP contribution in [0.1, 0.15) is 5.56 Å². The van der Waals surface area contributed by atoms with Gasteiger partial charge in [0.25, 0.3) is 0 Å². The number of hydrazone groups is 1. The van der Waals surface area contributed by atoms with Crippen LogP contribution in [0.4, 0.5) is 0 Å². The normalized spacial score (nSPS) is 10.9. The van der Waals surface area contributed by atoms with Gasteiger partial charge in [0.1, 0.15) is 12.4 Å². The number of hydrogen-bond donors (Lipinski definition) is 2. The van der Waals surface area contributed by atoms with E-state index in [1.165, 1.54) is 0 Å². The SMILES string of the molecule is CNC(=S)N/N=C\c1cn(CCOc2ccccc2)c2ccccc12. The van der Waals surface area contributed by atoms with Gasteiger partial charge in [0.05, 0.1) is 12.8 Å². The maximum absolute atomic E-state index is 5.80. The Kier molecular flexibility index (Phi) is 5.64. The van der Waals surface area contributed by atoms with Gasteiger partial charge in [-0.25, -0.2) is 0 Å². The first-order valence-corrected chi connectivity index (χ1v) is 8.45. The zero-order chi connectivity index (χ0) is 17.5. The van der Waals surface area contributed by atoms with Crippen LogP contribution in [-0.2, 0) is 6.54 Å². The van der Waals surface area contributed by atoms with Crippen molar-refractivity contribution in [1.29, 1.82) is 0 Å². The number of nitrogens with zero attached hydrogens (tertiary/aromatic N) is 2. The van der Waals surface area contributed by atoms with Gasteiger partial charge in [0.2, 0.25) is 0 Å². The van der Waals surface area contributed by atoms with Gasteiger partial charge >= 0.3 is 0 Å². The fourth-order valence-electron chi connectivity index (χ4n) is 2.56. The summed E-state index contributed by atoms with van der Waals surface area (Å²) in [4.78, 5) is 0. The molecular weight excluding hydrogens is 332 g/mol. The van der Waals surface area contributed by atoms with Gasteiger partial charge < -0.3 is 14.6 Å². The van der Waals surface area contributed by atoms with Crippen molar-refractivity contribution >= 4 is 34.4 Å². The van der Waals surface area contributed by atoms with Crippen molar-refractivity contribution in [3.63, 3.8) is 0 Å². The second kappa shape index (κ2) is 8.30. The maximum atomic E-state index is 5.80. The molecule has 2 N–H and O–H groups in total. The molecule has 1 heterocycles. The summed E-state index contributed by atoms with van der Waals surface area (Å²) in [6.45, 7) is 1.35. The van der Waals surface area contributed by atoms with Crippen molar-refractivity contribution in [3.05, 3.63) is 66.4 Å². The van der Waals surface area contributed by atoms with Crippen LogP contribution in [0.25, 0.3) is 10.9 Å². The third-order valence-corrected chi connectivity index (χ3v) is 4.06. The van der Waals surface area contributed by atoms with E-state index in [4.69, 9.17) is 17.0 Å². The molecule has 3 aromatic rings. The van der Waals surface area contributed by atoms with E-state index in [1.807, 2.05) is 42.5 Å². The fourth-order valence-corrected chi connectivity index (χ4v) is 2.61. The molecule has 0 bridgehead atoms. The molecule has 0 radical (unpaired) electrons. The predicted octanol–water partition coefficient (Wildman–Crippen LogP) is 3.15. The molecule has 0 unspecified atom stereocenters. The number of thiocarbonyl (C=S) groups is 1. The van der Waals surface area contributed by atoms with E-state index in [9.17, 15) is 0 Å². The van der Waals surface area contributed by atoms with Crippen molar-refractivity contribution in [3.8, 4) is 5.75 Å². The van der Waals surface area contributed by atoms with Crippen molar-refractivity contribution in [2.24, 2.45) is 5.10 Å². The molecule has 0 saturated heterocycles. The van der Waals surface area contributed by atoms with Crippen LogP contribution in [-0.4, -0.2) is 29.5 Å². The number of aromatic nitrogens is 1. The predicted molar refractivity (Wildman–Crippen MR) is 106 cm³/mol. The molecule has 0 aliphatic heterocycles. The summed E-state index contributed by atoms with van der Waals surface area (Å²) in [6.07, 6.45) is 3.85. The number of rotatable bonds is 6. The molecule has 3 rings (SSSR count). The number of hydrogen-bond acceptors (Lipinski definition) is 3. The first-order chi connectivity index (χ1) is 12.3. The molecule has 25 heavy (non-hydrogen) atoms. The van der Waals surface area contributed by atoms with E-state index >= 15 is 0 Å². The lowest BCUT2D eigenvalue weighted by atomic mass is 10.2. The van der Waals surface area contributed by atoms with Crippen LogP contribution < -0.4 is 15.5 Å². The molecule has 0 saturated carbocycles. The molecular formula is C19H20N4OS. The molecule has 0 fully saturated rings. The molecule has 0 aliphatic rings. The van der Waals surface area contributed by atoms with Crippen LogP contribution in [0.15, 0.2) is 65.9 Å². The highest BCUT2D eigenvalue weighted by atomic mass is 32.1. The minimum atomic E-state index is 0.483. The Morgan fingerprint density at radius 2 is 1.92 bits per heavy atom. The lowest BCUT2D eigenvalue weighted by Crippen LogP contribution is -2.28. The molecule has 0 aliphatic carbocycles. The smallest absolute Gasteiger partial charge is 0.186 e. The van der Waals surface area contributed by atoms with E-state index in [2.05, 4.69) is 38.7 Å². The number of fused-ring (bicyclic) bond motifs is 1. The Balaban J connectivity index is 1.73. The standard InChI is InChI=1S/C19H20N4OS/c1-20-19(25)22-21-13-15-14-23(18-10-6-5-9-17(15)18)11-12-24-16-7-3-2-4-8-16/h2-10,13-14H,11-12H2,1H3,(H2,20,22,25)/b21-13-. The zero-order valence-corrected chi connectivity index (χ0v) is 14.8. The van der Waals surface area contributed by atoms with Crippen molar-refractivity contribution in [2.75, 3.05) is 13.7 Å². The minimum Gasteiger partial charge on any atom is -0.492 e. The van der Waals surface area contributed by atoms with Gasteiger partial charge in [-0.2, -0.15) is 5.10 Å². The summed E-state index contributed by atoms with van der Waals surface area (Å²) >= 11 is 5.02. The third kappa shape index (κ3) is 4.36. The van der Waals surface area contributed by atoms with Crippen LogP contribution >= 0.6 is 12.2 Å². The molecule has 0 amide bonds. The van der Waals surface area contributed by atoms with E-state index in [1.54, 1.807) is 13.3 Å². The summed E-state index contributed by atoms with van der Waals surface area (Å²) in [6, 6.07) is 18.1. The van der Waals surface area contributed by atoms with Crippen LogP contribution in [0.2, 0.25) is 0 Å². The summed E-state index contributed by atoms with van der Waals surface area (Å²) < 4.78 is 7.98. The molecule has 128 valence electrons. The Labute approximate surface area is 152 Å². The maximum Gasteiger partial charge on any atom is 0.186 e. The van der Waals surface area contributed by atoms with Gasteiger partial charge in [0.15, 0.2) is 5.11 Å². The van der Waals surface area contributed by atoms with Crippen molar-refractivity contribution < 1.29 is 4.74 Å².